The van der Waals surface area contributed by atoms with E-state index in [1.165, 1.54) is 0 Å². The highest BCUT2D eigenvalue weighted by Gasteiger charge is 2.29. The number of carboxylic acids is 1. The molecule has 1 N–H and O–H groups in total. The van der Waals surface area contributed by atoms with Crippen molar-refractivity contribution in [3.8, 4) is 0 Å². The maximum Gasteiger partial charge on any atom is 0.320 e. The Kier molecular flexibility index (Phi) is 3.19. The van der Waals surface area contributed by atoms with Crippen LogP contribution in [0.2, 0.25) is 0 Å². The lowest BCUT2D eigenvalue weighted by Gasteiger charge is -2.31. The summed E-state index contributed by atoms with van der Waals surface area (Å²) in [5, 5.41) is 16.7. The molecular weight excluding hydrogens is 210 g/mol. The Balaban J connectivity index is 2.03. The average molecular weight is 225 g/mol. The number of rotatable bonds is 3. The van der Waals surface area contributed by atoms with E-state index in [2.05, 4.69) is 10.2 Å². The second kappa shape index (κ2) is 4.61. The molecule has 0 saturated carbocycles. The molecule has 1 fully saturated rings. The van der Waals surface area contributed by atoms with Crippen LogP contribution < -0.4 is 0 Å². The first-order valence-electron chi connectivity index (χ1n) is 5.42. The summed E-state index contributed by atoms with van der Waals surface area (Å²) >= 11 is 0. The van der Waals surface area contributed by atoms with Gasteiger partial charge < -0.3 is 9.52 Å². The van der Waals surface area contributed by atoms with Crippen LogP contribution in [0.15, 0.2) is 4.42 Å². The number of aromatic nitrogens is 2. The van der Waals surface area contributed by atoms with Gasteiger partial charge >= 0.3 is 5.97 Å². The van der Waals surface area contributed by atoms with E-state index in [4.69, 9.17) is 9.52 Å². The molecule has 1 unspecified atom stereocenters. The highest BCUT2D eigenvalue weighted by molar-refractivity contribution is 5.73. The summed E-state index contributed by atoms with van der Waals surface area (Å²) in [5.74, 6) is 0.237. The molecule has 88 valence electrons. The zero-order valence-corrected chi connectivity index (χ0v) is 9.22. The maximum absolute atomic E-state index is 11.1. The van der Waals surface area contributed by atoms with Gasteiger partial charge in [-0.1, -0.05) is 6.42 Å². The van der Waals surface area contributed by atoms with Gasteiger partial charge in [-0.15, -0.1) is 10.2 Å². The molecule has 6 nitrogen and oxygen atoms in total. The number of hydrogen-bond donors (Lipinski definition) is 1. The molecule has 1 aromatic heterocycles. The molecule has 2 rings (SSSR count). The van der Waals surface area contributed by atoms with Gasteiger partial charge in [0.25, 0.3) is 0 Å². The molecule has 0 aliphatic carbocycles. The predicted octanol–water partition coefficient (Wildman–Crippen LogP) is 0.817. The van der Waals surface area contributed by atoms with Gasteiger partial charge in [-0.3, -0.25) is 9.69 Å². The molecule has 0 spiro atoms. The lowest BCUT2D eigenvalue weighted by atomic mass is 10.0. The minimum absolute atomic E-state index is 0.416. The first kappa shape index (κ1) is 11.1. The number of nitrogens with zero attached hydrogens (tertiary/aromatic N) is 3. The predicted molar refractivity (Wildman–Crippen MR) is 54.7 cm³/mol. The van der Waals surface area contributed by atoms with Crippen LogP contribution in [0.25, 0.3) is 0 Å². The Morgan fingerprint density at radius 2 is 2.38 bits per heavy atom. The summed E-state index contributed by atoms with van der Waals surface area (Å²) in [6.07, 6.45) is 2.69. The Labute approximate surface area is 93.3 Å². The molecule has 16 heavy (non-hydrogen) atoms. The summed E-state index contributed by atoms with van der Waals surface area (Å²) in [6.45, 7) is 2.93. The molecule has 1 saturated heterocycles. The standard InChI is InChI=1S/C10H15N3O3/c1-7-11-12-9(16-7)6-13-5-3-2-4-8(13)10(14)15/h8H,2-6H2,1H3,(H,14,15). The Bertz CT molecular complexity index is 377. The van der Waals surface area contributed by atoms with Crippen LogP contribution in [0.3, 0.4) is 0 Å². The Morgan fingerprint density at radius 1 is 1.56 bits per heavy atom. The molecular formula is C10H15N3O3. The number of likely N-dealkylation sites (tertiary alicyclic amines) is 1. The summed E-state index contributed by atoms with van der Waals surface area (Å²) in [6, 6.07) is -0.416. The minimum atomic E-state index is -0.768. The molecule has 1 aliphatic heterocycles. The monoisotopic (exact) mass is 225 g/mol. The van der Waals surface area contributed by atoms with Crippen molar-refractivity contribution in [3.05, 3.63) is 11.8 Å². The van der Waals surface area contributed by atoms with Crippen LogP contribution in [0, 0.1) is 6.92 Å². The molecule has 2 heterocycles. The summed E-state index contributed by atoms with van der Waals surface area (Å²) in [7, 11) is 0. The number of carboxylic acid groups (broad SMARTS) is 1. The van der Waals surface area contributed by atoms with Crippen LogP contribution in [-0.2, 0) is 11.3 Å². The zero-order chi connectivity index (χ0) is 11.5. The van der Waals surface area contributed by atoms with Gasteiger partial charge in [0, 0.05) is 6.92 Å². The van der Waals surface area contributed by atoms with E-state index in [1.807, 2.05) is 4.90 Å². The second-order valence-electron chi connectivity index (χ2n) is 4.04. The first-order valence-corrected chi connectivity index (χ1v) is 5.42. The number of carbonyl (C=O) groups is 1. The van der Waals surface area contributed by atoms with Crippen LogP contribution in [0.4, 0.5) is 0 Å². The van der Waals surface area contributed by atoms with Gasteiger partial charge in [0.2, 0.25) is 11.8 Å². The molecule has 1 aromatic rings. The number of aliphatic carboxylic acids is 1. The molecule has 0 bridgehead atoms. The van der Waals surface area contributed by atoms with Crippen molar-refractivity contribution < 1.29 is 14.3 Å². The zero-order valence-electron chi connectivity index (χ0n) is 9.22. The van der Waals surface area contributed by atoms with Crippen molar-refractivity contribution in [1.29, 1.82) is 0 Å². The number of piperidine rings is 1. The third-order valence-electron chi connectivity index (χ3n) is 2.80. The lowest BCUT2D eigenvalue weighted by Crippen LogP contribution is -2.44. The maximum atomic E-state index is 11.1. The largest absolute Gasteiger partial charge is 0.480 e. The second-order valence-corrected chi connectivity index (χ2v) is 4.04. The van der Waals surface area contributed by atoms with E-state index >= 15 is 0 Å². The van der Waals surface area contributed by atoms with Crippen LogP contribution >= 0.6 is 0 Å². The van der Waals surface area contributed by atoms with Crippen molar-refractivity contribution in [2.75, 3.05) is 6.54 Å². The normalized spacial score (nSPS) is 22.2. The third-order valence-corrected chi connectivity index (χ3v) is 2.80. The average Bonchev–Trinajstić information content (AvgIpc) is 2.64. The Hall–Kier alpha value is -1.43. The first-order chi connectivity index (χ1) is 7.66. The third kappa shape index (κ3) is 2.38. The van der Waals surface area contributed by atoms with Crippen molar-refractivity contribution >= 4 is 5.97 Å². The smallest absolute Gasteiger partial charge is 0.320 e. The SMILES string of the molecule is Cc1nnc(CN2CCCCC2C(=O)O)o1. The van der Waals surface area contributed by atoms with E-state index in [1.54, 1.807) is 6.92 Å². The van der Waals surface area contributed by atoms with Gasteiger partial charge in [-0.05, 0) is 19.4 Å². The number of aryl methyl sites for hydroxylation is 1. The summed E-state index contributed by atoms with van der Waals surface area (Å²) < 4.78 is 5.26. The van der Waals surface area contributed by atoms with Gasteiger partial charge in [0.05, 0.1) is 6.54 Å². The van der Waals surface area contributed by atoms with Crippen LogP contribution in [-0.4, -0.2) is 38.8 Å². The van der Waals surface area contributed by atoms with Crippen LogP contribution in [0.5, 0.6) is 0 Å². The van der Waals surface area contributed by atoms with Gasteiger partial charge in [0.1, 0.15) is 6.04 Å². The minimum Gasteiger partial charge on any atom is -0.480 e. The molecule has 0 amide bonds. The molecule has 0 radical (unpaired) electrons. The highest BCUT2D eigenvalue weighted by Crippen LogP contribution is 2.19. The molecule has 0 aromatic carbocycles. The van der Waals surface area contributed by atoms with Crippen molar-refractivity contribution in [3.63, 3.8) is 0 Å². The van der Waals surface area contributed by atoms with E-state index in [9.17, 15) is 4.79 Å². The molecule has 1 aliphatic rings. The molecule has 6 heteroatoms. The number of hydrogen-bond acceptors (Lipinski definition) is 5. The van der Waals surface area contributed by atoms with Crippen molar-refractivity contribution in [1.82, 2.24) is 15.1 Å². The van der Waals surface area contributed by atoms with Gasteiger partial charge in [-0.2, -0.15) is 0 Å². The van der Waals surface area contributed by atoms with E-state index in [-0.39, 0.29) is 0 Å². The van der Waals surface area contributed by atoms with Crippen molar-refractivity contribution in [2.45, 2.75) is 38.8 Å². The Morgan fingerprint density at radius 3 is 3.00 bits per heavy atom. The molecule has 1 atom stereocenters. The fourth-order valence-corrected chi connectivity index (χ4v) is 2.04. The topological polar surface area (TPSA) is 79.5 Å². The lowest BCUT2D eigenvalue weighted by molar-refractivity contribution is -0.145. The van der Waals surface area contributed by atoms with E-state index in [0.717, 1.165) is 19.4 Å². The van der Waals surface area contributed by atoms with Crippen LogP contribution in [0.1, 0.15) is 31.0 Å². The van der Waals surface area contributed by atoms with Crippen molar-refractivity contribution in [2.24, 2.45) is 0 Å². The summed E-state index contributed by atoms with van der Waals surface area (Å²) in [5.41, 5.74) is 0. The fraction of sp³-hybridized carbons (Fsp3) is 0.700. The summed E-state index contributed by atoms with van der Waals surface area (Å²) in [4.78, 5) is 12.9. The highest BCUT2D eigenvalue weighted by atomic mass is 16.4. The van der Waals surface area contributed by atoms with E-state index < -0.39 is 12.0 Å². The quantitative estimate of drug-likeness (QED) is 0.820. The van der Waals surface area contributed by atoms with Gasteiger partial charge in [-0.25, -0.2) is 0 Å². The van der Waals surface area contributed by atoms with Gasteiger partial charge in [0.15, 0.2) is 0 Å². The fourth-order valence-electron chi connectivity index (χ4n) is 2.04. The van der Waals surface area contributed by atoms with E-state index in [0.29, 0.717) is 24.7 Å².